The van der Waals surface area contributed by atoms with Crippen LogP contribution in [-0.2, 0) is 20.0 Å². The van der Waals surface area contributed by atoms with E-state index in [9.17, 15) is 16.8 Å². The standard InChI is InChI=1S/C19H20N4O4S2/c1-14-11-12-20-23(14)17-4-2-3-16(13-17)22-29(26,27)19-9-7-18(8-10-19)28(24,25)21-15-5-6-15/h2-4,7-13,15,21-22H,5-6H2,1H3. The molecular weight excluding hydrogens is 412 g/mol. The van der Waals surface area contributed by atoms with Crippen LogP contribution in [0.25, 0.3) is 5.69 Å². The summed E-state index contributed by atoms with van der Waals surface area (Å²) in [6.07, 6.45) is 3.32. The third-order valence-corrected chi connectivity index (χ3v) is 7.45. The van der Waals surface area contributed by atoms with E-state index in [1.165, 1.54) is 24.3 Å². The van der Waals surface area contributed by atoms with Crippen LogP contribution < -0.4 is 9.44 Å². The van der Waals surface area contributed by atoms with Crippen LogP contribution >= 0.6 is 0 Å². The summed E-state index contributed by atoms with van der Waals surface area (Å²) in [7, 11) is -7.50. The number of benzene rings is 2. The van der Waals surface area contributed by atoms with Crippen LogP contribution in [0.4, 0.5) is 5.69 Å². The van der Waals surface area contributed by atoms with E-state index in [0.29, 0.717) is 5.69 Å². The van der Waals surface area contributed by atoms with Crippen LogP contribution in [0.3, 0.4) is 0 Å². The lowest BCUT2D eigenvalue weighted by Gasteiger charge is -2.11. The van der Waals surface area contributed by atoms with Crippen LogP contribution in [0.2, 0.25) is 0 Å². The van der Waals surface area contributed by atoms with Gasteiger partial charge in [-0.15, -0.1) is 0 Å². The van der Waals surface area contributed by atoms with E-state index in [1.54, 1.807) is 29.1 Å². The molecule has 0 bridgehead atoms. The lowest BCUT2D eigenvalue weighted by molar-refractivity contribution is 0.580. The fourth-order valence-electron chi connectivity index (χ4n) is 2.84. The van der Waals surface area contributed by atoms with Gasteiger partial charge >= 0.3 is 0 Å². The van der Waals surface area contributed by atoms with Gasteiger partial charge in [-0.25, -0.2) is 26.2 Å². The predicted octanol–water partition coefficient (Wildman–Crippen LogP) is 2.42. The van der Waals surface area contributed by atoms with Gasteiger partial charge < -0.3 is 0 Å². The van der Waals surface area contributed by atoms with E-state index in [0.717, 1.165) is 24.2 Å². The van der Waals surface area contributed by atoms with Crippen LogP contribution in [-0.4, -0.2) is 32.7 Å². The third-order valence-electron chi connectivity index (χ3n) is 4.52. The molecule has 0 spiro atoms. The molecule has 0 radical (unpaired) electrons. The SMILES string of the molecule is Cc1ccnn1-c1cccc(NS(=O)(=O)c2ccc(S(=O)(=O)NC3CC3)cc2)c1. The average molecular weight is 433 g/mol. The Bertz CT molecular complexity index is 1250. The van der Waals surface area contributed by atoms with Gasteiger partial charge in [0.25, 0.3) is 10.0 Å². The molecule has 0 unspecified atom stereocenters. The van der Waals surface area contributed by atoms with Crippen molar-refractivity contribution in [3.05, 3.63) is 66.5 Å². The number of rotatable bonds is 7. The Balaban J connectivity index is 1.55. The molecule has 1 aromatic heterocycles. The van der Waals surface area contributed by atoms with Crippen molar-refractivity contribution < 1.29 is 16.8 Å². The molecule has 29 heavy (non-hydrogen) atoms. The topological polar surface area (TPSA) is 110 Å². The van der Waals surface area contributed by atoms with Crippen molar-refractivity contribution in [1.82, 2.24) is 14.5 Å². The van der Waals surface area contributed by atoms with Gasteiger partial charge in [-0.1, -0.05) is 6.07 Å². The summed E-state index contributed by atoms with van der Waals surface area (Å²) in [6.45, 7) is 1.90. The van der Waals surface area contributed by atoms with Gasteiger partial charge in [0, 0.05) is 17.9 Å². The molecule has 0 saturated heterocycles. The number of hydrogen-bond donors (Lipinski definition) is 2. The molecule has 1 heterocycles. The Morgan fingerprint density at radius 1 is 0.931 bits per heavy atom. The molecule has 0 aliphatic heterocycles. The zero-order valence-corrected chi connectivity index (χ0v) is 17.2. The van der Waals surface area contributed by atoms with E-state index in [2.05, 4.69) is 14.5 Å². The maximum absolute atomic E-state index is 12.7. The third kappa shape index (κ3) is 4.34. The van der Waals surface area contributed by atoms with Crippen molar-refractivity contribution in [2.45, 2.75) is 35.6 Å². The van der Waals surface area contributed by atoms with E-state index in [4.69, 9.17) is 0 Å². The summed E-state index contributed by atoms with van der Waals surface area (Å²) in [6, 6.07) is 13.9. The smallest absolute Gasteiger partial charge is 0.261 e. The number of hydrogen-bond acceptors (Lipinski definition) is 5. The quantitative estimate of drug-likeness (QED) is 0.596. The Hall–Kier alpha value is -2.69. The molecule has 10 heteroatoms. The number of nitrogens with zero attached hydrogens (tertiary/aromatic N) is 2. The minimum atomic E-state index is -3.88. The highest BCUT2D eigenvalue weighted by Crippen LogP contribution is 2.24. The van der Waals surface area contributed by atoms with Gasteiger partial charge in [0.1, 0.15) is 0 Å². The molecule has 0 atom stereocenters. The fraction of sp³-hybridized carbons (Fsp3) is 0.211. The largest absolute Gasteiger partial charge is 0.280 e. The Kier molecular flexibility index (Phi) is 4.93. The molecule has 3 aromatic rings. The monoisotopic (exact) mass is 432 g/mol. The number of anilines is 1. The lowest BCUT2D eigenvalue weighted by atomic mass is 10.3. The second kappa shape index (κ2) is 7.29. The fourth-order valence-corrected chi connectivity index (χ4v) is 5.20. The second-order valence-electron chi connectivity index (χ2n) is 6.91. The summed E-state index contributed by atoms with van der Waals surface area (Å²) in [5, 5.41) is 4.22. The highest BCUT2D eigenvalue weighted by Gasteiger charge is 2.28. The molecule has 1 aliphatic rings. The number of aryl methyl sites for hydroxylation is 1. The molecule has 2 aromatic carbocycles. The highest BCUT2D eigenvalue weighted by molar-refractivity contribution is 7.92. The first-order chi connectivity index (χ1) is 13.7. The summed E-state index contributed by atoms with van der Waals surface area (Å²) >= 11 is 0. The highest BCUT2D eigenvalue weighted by atomic mass is 32.2. The number of sulfonamides is 2. The molecule has 8 nitrogen and oxygen atoms in total. The summed E-state index contributed by atoms with van der Waals surface area (Å²) in [5.41, 5.74) is 2.02. The first-order valence-electron chi connectivity index (χ1n) is 9.01. The second-order valence-corrected chi connectivity index (χ2v) is 10.3. The first kappa shape index (κ1) is 19.6. The number of nitrogens with one attached hydrogen (secondary N) is 2. The Labute approximate surface area is 169 Å². The van der Waals surface area contributed by atoms with Crippen LogP contribution in [0, 0.1) is 6.92 Å². The lowest BCUT2D eigenvalue weighted by Crippen LogP contribution is -2.25. The molecule has 1 fully saturated rings. The predicted molar refractivity (Wildman–Crippen MR) is 109 cm³/mol. The van der Waals surface area contributed by atoms with Gasteiger partial charge in [-0.05, 0) is 68.3 Å². The molecule has 2 N–H and O–H groups in total. The van der Waals surface area contributed by atoms with E-state index < -0.39 is 20.0 Å². The zero-order valence-electron chi connectivity index (χ0n) is 15.6. The molecule has 1 aliphatic carbocycles. The van der Waals surface area contributed by atoms with Crippen molar-refractivity contribution in [3.8, 4) is 5.69 Å². The number of aromatic nitrogens is 2. The molecule has 4 rings (SSSR count). The summed E-state index contributed by atoms with van der Waals surface area (Å²) < 4.78 is 56.7. The molecule has 1 saturated carbocycles. The van der Waals surface area contributed by atoms with Gasteiger partial charge in [0.2, 0.25) is 10.0 Å². The minimum Gasteiger partial charge on any atom is -0.280 e. The zero-order chi connectivity index (χ0) is 20.6. The van der Waals surface area contributed by atoms with E-state index >= 15 is 0 Å². The summed E-state index contributed by atoms with van der Waals surface area (Å²) in [5.74, 6) is 0. The molecular formula is C19H20N4O4S2. The maximum Gasteiger partial charge on any atom is 0.261 e. The molecule has 152 valence electrons. The van der Waals surface area contributed by atoms with Crippen LogP contribution in [0.1, 0.15) is 18.5 Å². The maximum atomic E-state index is 12.7. The normalized spacial score (nSPS) is 14.7. The van der Waals surface area contributed by atoms with E-state index in [1.807, 2.05) is 19.1 Å². The van der Waals surface area contributed by atoms with Crippen LogP contribution in [0.5, 0.6) is 0 Å². The molecule has 0 amide bonds. The van der Waals surface area contributed by atoms with Gasteiger partial charge in [0.15, 0.2) is 0 Å². The van der Waals surface area contributed by atoms with E-state index in [-0.39, 0.29) is 15.8 Å². The first-order valence-corrected chi connectivity index (χ1v) is 12.0. The average Bonchev–Trinajstić information content (AvgIpc) is 3.37. The van der Waals surface area contributed by atoms with Crippen molar-refractivity contribution >= 4 is 25.7 Å². The van der Waals surface area contributed by atoms with Gasteiger partial charge in [-0.2, -0.15) is 5.10 Å². The van der Waals surface area contributed by atoms with Crippen molar-refractivity contribution in [2.24, 2.45) is 0 Å². The van der Waals surface area contributed by atoms with Crippen molar-refractivity contribution in [2.75, 3.05) is 4.72 Å². The van der Waals surface area contributed by atoms with Crippen LogP contribution in [0.15, 0.2) is 70.6 Å². The minimum absolute atomic E-state index is 0.0178. The van der Waals surface area contributed by atoms with Gasteiger partial charge in [0.05, 0.1) is 21.2 Å². The summed E-state index contributed by atoms with van der Waals surface area (Å²) in [4.78, 5) is 0.0167. The van der Waals surface area contributed by atoms with Crippen molar-refractivity contribution in [1.29, 1.82) is 0 Å². The Morgan fingerprint density at radius 2 is 1.59 bits per heavy atom. The van der Waals surface area contributed by atoms with Gasteiger partial charge in [-0.3, -0.25) is 4.72 Å². The Morgan fingerprint density at radius 3 is 2.17 bits per heavy atom. The van der Waals surface area contributed by atoms with Crippen molar-refractivity contribution in [3.63, 3.8) is 0 Å².